The van der Waals surface area contributed by atoms with Crippen molar-refractivity contribution in [2.75, 3.05) is 0 Å². The van der Waals surface area contributed by atoms with Crippen LogP contribution in [0.25, 0.3) is 55.7 Å². The SMILES string of the molecule is C=C/C=c1\c2n(c3ccccc13)-c1ccccc1C1(C=2C)c2ccccc2Sc2c1ccc1c2c2ccccc2n1-c1ccc(P(=O)(c2ccccc2)c2ccccc2)cc1. The van der Waals surface area contributed by atoms with Gasteiger partial charge in [-0.05, 0) is 83.8 Å². The van der Waals surface area contributed by atoms with Crippen molar-refractivity contribution >= 4 is 79.2 Å². The highest BCUT2D eigenvalue weighted by atomic mass is 32.2. The molecule has 290 valence electrons. The van der Waals surface area contributed by atoms with E-state index in [2.05, 4.69) is 162 Å². The monoisotopic (exact) mass is 818 g/mol. The van der Waals surface area contributed by atoms with E-state index in [9.17, 15) is 0 Å². The van der Waals surface area contributed by atoms with Gasteiger partial charge in [0.05, 0.1) is 33.0 Å². The third-order valence-electron chi connectivity index (χ3n) is 13.1. The molecule has 2 aliphatic rings. The van der Waals surface area contributed by atoms with Gasteiger partial charge in [0.25, 0.3) is 0 Å². The topological polar surface area (TPSA) is 26.9 Å². The summed E-state index contributed by atoms with van der Waals surface area (Å²) < 4.78 is 20.2. The van der Waals surface area contributed by atoms with Crippen molar-refractivity contribution in [3.63, 3.8) is 0 Å². The summed E-state index contributed by atoms with van der Waals surface area (Å²) >= 11 is 1.89. The number of benzene rings is 8. The first-order valence-corrected chi connectivity index (χ1v) is 23.3. The molecule has 4 heterocycles. The first kappa shape index (κ1) is 36.0. The zero-order valence-electron chi connectivity index (χ0n) is 33.5. The lowest BCUT2D eigenvalue weighted by Crippen LogP contribution is -2.46. The average Bonchev–Trinajstić information content (AvgIpc) is 3.84. The van der Waals surface area contributed by atoms with Crippen LogP contribution in [0.15, 0.2) is 217 Å². The van der Waals surface area contributed by atoms with Crippen LogP contribution in [0.5, 0.6) is 0 Å². The van der Waals surface area contributed by atoms with Crippen molar-refractivity contribution in [1.82, 2.24) is 9.13 Å². The van der Waals surface area contributed by atoms with E-state index in [1.165, 1.54) is 70.0 Å². The van der Waals surface area contributed by atoms with Gasteiger partial charge in [-0.1, -0.05) is 170 Å². The number of hydrogen-bond donors (Lipinski definition) is 0. The van der Waals surface area contributed by atoms with Gasteiger partial charge in [-0.3, -0.25) is 0 Å². The molecule has 10 aromatic rings. The summed E-state index contributed by atoms with van der Waals surface area (Å²) in [6.07, 6.45) is 4.11. The van der Waals surface area contributed by atoms with Crippen LogP contribution in [0, 0.1) is 0 Å². The molecule has 2 aromatic heterocycles. The molecule has 2 aliphatic heterocycles. The molecule has 0 bridgehead atoms. The maximum Gasteiger partial charge on any atom is 0.171 e. The number of fused-ring (bicyclic) bond motifs is 14. The molecule has 0 saturated carbocycles. The van der Waals surface area contributed by atoms with Crippen molar-refractivity contribution in [3.05, 3.63) is 234 Å². The van der Waals surface area contributed by atoms with Crippen molar-refractivity contribution in [3.8, 4) is 11.4 Å². The molecule has 0 aliphatic carbocycles. The number of hydrogen-bond acceptors (Lipinski definition) is 2. The third kappa shape index (κ3) is 4.86. The zero-order valence-corrected chi connectivity index (χ0v) is 35.2. The molecule has 5 heteroatoms. The summed E-state index contributed by atoms with van der Waals surface area (Å²) in [6, 6.07) is 68.6. The van der Waals surface area contributed by atoms with Crippen LogP contribution in [0.3, 0.4) is 0 Å². The van der Waals surface area contributed by atoms with Crippen LogP contribution in [0.1, 0.15) is 23.6 Å². The fourth-order valence-corrected chi connectivity index (χ4v) is 14.6. The number of para-hydroxylation sites is 3. The smallest absolute Gasteiger partial charge is 0.171 e. The van der Waals surface area contributed by atoms with Gasteiger partial charge in [-0.15, -0.1) is 0 Å². The molecule has 1 unspecified atom stereocenters. The van der Waals surface area contributed by atoms with Crippen LogP contribution < -0.4 is 26.5 Å². The first-order chi connectivity index (χ1) is 30.0. The molecule has 12 rings (SSSR count). The number of nitrogens with zero attached hydrogens (tertiary/aromatic N) is 2. The van der Waals surface area contributed by atoms with Crippen LogP contribution >= 0.6 is 18.9 Å². The predicted molar refractivity (Wildman–Crippen MR) is 257 cm³/mol. The Labute approximate surface area is 358 Å². The summed E-state index contributed by atoms with van der Waals surface area (Å²) in [5.41, 5.74) is 10.3. The summed E-state index contributed by atoms with van der Waals surface area (Å²) in [5, 5.41) is 8.55. The van der Waals surface area contributed by atoms with Gasteiger partial charge < -0.3 is 13.7 Å². The zero-order chi connectivity index (χ0) is 40.9. The first-order valence-electron chi connectivity index (χ1n) is 20.7. The number of allylic oxidation sites excluding steroid dienone is 1. The number of rotatable bonds is 5. The second-order valence-electron chi connectivity index (χ2n) is 16.0. The van der Waals surface area contributed by atoms with Gasteiger partial charge in [0.1, 0.15) is 0 Å². The lowest BCUT2D eigenvalue weighted by molar-refractivity contribution is 0.592. The fourth-order valence-electron chi connectivity index (χ4n) is 10.6. The van der Waals surface area contributed by atoms with E-state index in [1.54, 1.807) is 0 Å². The van der Waals surface area contributed by atoms with Gasteiger partial charge >= 0.3 is 0 Å². The van der Waals surface area contributed by atoms with Crippen molar-refractivity contribution in [2.24, 2.45) is 0 Å². The van der Waals surface area contributed by atoms with Crippen LogP contribution in [-0.4, -0.2) is 9.13 Å². The van der Waals surface area contributed by atoms with Crippen molar-refractivity contribution in [2.45, 2.75) is 22.1 Å². The second kappa shape index (κ2) is 13.6. The molecule has 0 amide bonds. The molecule has 0 N–H and O–H groups in total. The summed E-state index contributed by atoms with van der Waals surface area (Å²) in [6.45, 7) is 6.54. The molecular formula is C56H39N2OPS. The summed E-state index contributed by atoms with van der Waals surface area (Å²) in [4.78, 5) is 2.53. The van der Waals surface area contributed by atoms with E-state index < -0.39 is 12.6 Å². The van der Waals surface area contributed by atoms with E-state index >= 15 is 4.57 Å². The normalized spacial score (nSPS) is 15.8. The maximum absolute atomic E-state index is 15.3. The van der Waals surface area contributed by atoms with Crippen molar-refractivity contribution < 1.29 is 4.57 Å². The molecule has 0 saturated heterocycles. The highest BCUT2D eigenvalue weighted by Crippen LogP contribution is 2.60. The minimum atomic E-state index is -3.13. The Bertz CT molecular complexity index is 3580. The Hall–Kier alpha value is -6.84. The second-order valence-corrected chi connectivity index (χ2v) is 19.8. The number of aromatic nitrogens is 2. The lowest BCUT2D eigenvalue weighted by Gasteiger charge is -2.45. The standard InChI is InChI=1S/C56H39N2OPS/c1-3-18-43-42-23-10-14-27-48(42)58-50-29-16-12-25-45(50)56(37(2)54(43)58)46-26-13-17-30-52(46)61-55-47(56)35-36-51-53(55)44-24-11-15-28-49(44)57(51)38-31-33-41(34-32-38)60(59,39-19-6-4-7-20-39)40-21-8-5-9-22-40/h3-36H,1H2,2H3/b43-18-. The quantitative estimate of drug-likeness (QED) is 0.162. The van der Waals surface area contributed by atoms with Crippen LogP contribution in [0.2, 0.25) is 0 Å². The highest BCUT2D eigenvalue weighted by Gasteiger charge is 2.49. The average molecular weight is 819 g/mol. The molecule has 8 aromatic carbocycles. The lowest BCUT2D eigenvalue weighted by atomic mass is 9.63. The minimum absolute atomic E-state index is 0.572. The van der Waals surface area contributed by atoms with E-state index in [-0.39, 0.29) is 0 Å². The minimum Gasteiger partial charge on any atom is -0.309 e. The summed E-state index contributed by atoms with van der Waals surface area (Å²) in [5.74, 6) is 0. The van der Waals surface area contributed by atoms with Gasteiger partial charge in [-0.25, -0.2) is 0 Å². The molecular weight excluding hydrogens is 780 g/mol. The van der Waals surface area contributed by atoms with Crippen LogP contribution in [-0.2, 0) is 9.98 Å². The highest BCUT2D eigenvalue weighted by molar-refractivity contribution is 7.99. The molecule has 61 heavy (non-hydrogen) atoms. The van der Waals surface area contributed by atoms with E-state index in [0.29, 0.717) is 0 Å². The maximum atomic E-state index is 15.3. The Kier molecular flexibility index (Phi) is 8.03. The molecule has 0 fully saturated rings. The Morgan fingerprint density at radius 1 is 0.541 bits per heavy atom. The van der Waals surface area contributed by atoms with Crippen molar-refractivity contribution in [1.29, 1.82) is 0 Å². The van der Waals surface area contributed by atoms with E-state index in [4.69, 9.17) is 0 Å². The predicted octanol–water partition coefficient (Wildman–Crippen LogP) is 11.3. The molecule has 0 radical (unpaired) electrons. The molecule has 1 spiro atoms. The van der Waals surface area contributed by atoms with Gasteiger partial charge in [0.2, 0.25) is 0 Å². The van der Waals surface area contributed by atoms with Gasteiger partial charge in [0, 0.05) is 52.8 Å². The van der Waals surface area contributed by atoms with Crippen LogP contribution in [0.4, 0.5) is 0 Å². The summed E-state index contributed by atoms with van der Waals surface area (Å²) in [7, 11) is -3.13. The Balaban J connectivity index is 1.15. The Morgan fingerprint density at radius 2 is 1.11 bits per heavy atom. The third-order valence-corrected chi connectivity index (χ3v) is 17.4. The fraction of sp³-hybridized carbons (Fsp3) is 0.0357. The molecule has 3 nitrogen and oxygen atoms in total. The van der Waals surface area contributed by atoms with E-state index in [1.807, 2.05) is 78.5 Å². The van der Waals surface area contributed by atoms with E-state index in [0.717, 1.165) is 32.6 Å². The van der Waals surface area contributed by atoms with Gasteiger partial charge in [0.15, 0.2) is 7.14 Å². The van der Waals surface area contributed by atoms with Gasteiger partial charge in [-0.2, -0.15) is 0 Å². The Morgan fingerprint density at radius 3 is 1.82 bits per heavy atom. The molecule has 1 atom stereocenters. The largest absolute Gasteiger partial charge is 0.309 e.